The van der Waals surface area contributed by atoms with Gasteiger partial charge in [0.25, 0.3) is 0 Å². The SMILES string of the molecule is Cc1nc(C)c(-c2ccc(N3CCN(c4ccnc5ccccc45)CC3)nn2)s1. The molecule has 5 rings (SSSR count). The maximum atomic E-state index is 4.50. The van der Waals surface area contributed by atoms with Crippen LogP contribution in [-0.4, -0.2) is 46.3 Å². The predicted molar refractivity (Wildman–Crippen MR) is 119 cm³/mol. The molecule has 0 atom stereocenters. The van der Waals surface area contributed by atoms with Gasteiger partial charge in [0.1, 0.15) is 5.69 Å². The minimum atomic E-state index is 0.902. The summed E-state index contributed by atoms with van der Waals surface area (Å²) in [4.78, 5) is 14.8. The molecule has 4 aromatic rings. The number of aromatic nitrogens is 4. The first-order valence-electron chi connectivity index (χ1n) is 9.81. The van der Waals surface area contributed by atoms with Crippen molar-refractivity contribution in [3.63, 3.8) is 0 Å². The topological polar surface area (TPSA) is 58.0 Å². The Balaban J connectivity index is 1.31. The lowest BCUT2D eigenvalue weighted by molar-refractivity contribution is 0.645. The highest BCUT2D eigenvalue weighted by molar-refractivity contribution is 7.15. The van der Waals surface area contributed by atoms with Crippen LogP contribution < -0.4 is 9.80 Å². The Kier molecular flexibility index (Phi) is 4.60. The number of fused-ring (bicyclic) bond motifs is 1. The van der Waals surface area contributed by atoms with E-state index in [4.69, 9.17) is 0 Å². The Labute approximate surface area is 173 Å². The summed E-state index contributed by atoms with van der Waals surface area (Å²) in [5.41, 5.74) is 4.22. The summed E-state index contributed by atoms with van der Waals surface area (Å²) in [5.74, 6) is 0.937. The number of para-hydroxylation sites is 1. The van der Waals surface area contributed by atoms with Crippen LogP contribution in [0.25, 0.3) is 21.5 Å². The molecule has 29 heavy (non-hydrogen) atoms. The lowest BCUT2D eigenvalue weighted by Gasteiger charge is -2.36. The summed E-state index contributed by atoms with van der Waals surface area (Å²) >= 11 is 1.67. The van der Waals surface area contributed by atoms with Gasteiger partial charge in [-0.15, -0.1) is 21.5 Å². The van der Waals surface area contributed by atoms with Crippen LogP contribution in [0.2, 0.25) is 0 Å². The third-order valence-electron chi connectivity index (χ3n) is 5.36. The van der Waals surface area contributed by atoms with Crippen molar-refractivity contribution in [3.8, 4) is 10.6 Å². The van der Waals surface area contributed by atoms with Gasteiger partial charge in [-0.25, -0.2) is 4.98 Å². The zero-order valence-electron chi connectivity index (χ0n) is 16.5. The quantitative estimate of drug-likeness (QED) is 0.514. The van der Waals surface area contributed by atoms with Crippen LogP contribution in [0, 0.1) is 13.8 Å². The fourth-order valence-corrected chi connectivity index (χ4v) is 4.80. The molecule has 1 aliphatic heterocycles. The minimum absolute atomic E-state index is 0.902. The van der Waals surface area contributed by atoms with Crippen LogP contribution in [0.15, 0.2) is 48.7 Å². The van der Waals surface area contributed by atoms with E-state index in [0.29, 0.717) is 0 Å². The first-order chi connectivity index (χ1) is 14.2. The smallest absolute Gasteiger partial charge is 0.151 e. The summed E-state index contributed by atoms with van der Waals surface area (Å²) in [7, 11) is 0. The molecule has 0 N–H and O–H groups in total. The first-order valence-corrected chi connectivity index (χ1v) is 10.6. The van der Waals surface area contributed by atoms with Gasteiger partial charge in [0, 0.05) is 43.4 Å². The molecule has 6 nitrogen and oxygen atoms in total. The van der Waals surface area contributed by atoms with Gasteiger partial charge in [-0.05, 0) is 38.1 Å². The van der Waals surface area contributed by atoms with Crippen LogP contribution >= 0.6 is 11.3 Å². The second-order valence-electron chi connectivity index (χ2n) is 7.25. The van der Waals surface area contributed by atoms with Crippen molar-refractivity contribution in [2.24, 2.45) is 0 Å². The lowest BCUT2D eigenvalue weighted by Crippen LogP contribution is -2.47. The van der Waals surface area contributed by atoms with E-state index >= 15 is 0 Å². The van der Waals surface area contributed by atoms with Crippen LogP contribution in [0.3, 0.4) is 0 Å². The molecular formula is C22H22N6S. The van der Waals surface area contributed by atoms with Crippen molar-refractivity contribution >= 4 is 33.7 Å². The zero-order chi connectivity index (χ0) is 19.8. The fourth-order valence-electron chi connectivity index (χ4n) is 3.92. The lowest BCUT2D eigenvalue weighted by atomic mass is 10.1. The Morgan fingerprint density at radius 3 is 2.38 bits per heavy atom. The molecule has 0 spiro atoms. The van der Waals surface area contributed by atoms with Crippen molar-refractivity contribution in [3.05, 3.63) is 59.4 Å². The third kappa shape index (κ3) is 3.42. The number of anilines is 2. The van der Waals surface area contributed by atoms with Crippen LogP contribution in [0.1, 0.15) is 10.7 Å². The van der Waals surface area contributed by atoms with Crippen LogP contribution in [-0.2, 0) is 0 Å². The molecule has 0 unspecified atom stereocenters. The molecule has 0 aliphatic carbocycles. The Bertz CT molecular complexity index is 1140. The highest BCUT2D eigenvalue weighted by Crippen LogP contribution is 2.29. The van der Waals surface area contributed by atoms with Gasteiger partial charge in [-0.1, -0.05) is 18.2 Å². The van der Waals surface area contributed by atoms with Crippen molar-refractivity contribution in [2.45, 2.75) is 13.8 Å². The minimum Gasteiger partial charge on any atom is -0.367 e. The van der Waals surface area contributed by atoms with Crippen molar-refractivity contribution in [1.29, 1.82) is 0 Å². The number of benzene rings is 1. The van der Waals surface area contributed by atoms with Gasteiger partial charge in [0.05, 0.1) is 21.1 Å². The maximum absolute atomic E-state index is 4.50. The summed E-state index contributed by atoms with van der Waals surface area (Å²) < 4.78 is 0. The van der Waals surface area contributed by atoms with Crippen LogP contribution in [0.5, 0.6) is 0 Å². The van der Waals surface area contributed by atoms with Gasteiger partial charge in [0.2, 0.25) is 0 Å². The van der Waals surface area contributed by atoms with E-state index in [1.165, 1.54) is 11.1 Å². The van der Waals surface area contributed by atoms with Crippen molar-refractivity contribution in [2.75, 3.05) is 36.0 Å². The zero-order valence-corrected chi connectivity index (χ0v) is 17.4. The number of thiazole rings is 1. The average Bonchev–Trinajstić information content (AvgIpc) is 3.11. The summed E-state index contributed by atoms with van der Waals surface area (Å²) in [6.07, 6.45) is 1.90. The third-order valence-corrected chi connectivity index (χ3v) is 6.45. The molecular weight excluding hydrogens is 380 g/mol. The molecule has 0 amide bonds. The molecule has 0 radical (unpaired) electrons. The van der Waals surface area contributed by atoms with Crippen molar-refractivity contribution < 1.29 is 0 Å². The molecule has 146 valence electrons. The number of aryl methyl sites for hydroxylation is 2. The molecule has 0 bridgehead atoms. The molecule has 3 aromatic heterocycles. The highest BCUT2D eigenvalue weighted by Gasteiger charge is 2.20. The van der Waals surface area contributed by atoms with Crippen LogP contribution in [0.4, 0.5) is 11.5 Å². The van der Waals surface area contributed by atoms with Crippen molar-refractivity contribution in [1.82, 2.24) is 20.2 Å². The Morgan fingerprint density at radius 2 is 1.66 bits per heavy atom. The first kappa shape index (κ1) is 18.0. The number of hydrogen-bond donors (Lipinski definition) is 0. The molecule has 1 aliphatic rings. The molecule has 1 aromatic carbocycles. The molecule has 7 heteroatoms. The second-order valence-corrected chi connectivity index (χ2v) is 8.45. The largest absolute Gasteiger partial charge is 0.367 e. The van der Waals surface area contributed by atoms with E-state index in [0.717, 1.165) is 58.8 Å². The monoisotopic (exact) mass is 402 g/mol. The van der Waals surface area contributed by atoms with E-state index in [-0.39, 0.29) is 0 Å². The van der Waals surface area contributed by atoms with E-state index in [2.05, 4.69) is 66.4 Å². The maximum Gasteiger partial charge on any atom is 0.151 e. The summed E-state index contributed by atoms with van der Waals surface area (Å²) in [6, 6.07) is 14.6. The molecule has 4 heterocycles. The van der Waals surface area contributed by atoms with Gasteiger partial charge < -0.3 is 9.80 Å². The van der Waals surface area contributed by atoms with Gasteiger partial charge in [-0.2, -0.15) is 0 Å². The fraction of sp³-hybridized carbons (Fsp3) is 0.273. The Morgan fingerprint density at radius 1 is 0.862 bits per heavy atom. The molecule has 0 saturated carbocycles. The summed E-state index contributed by atoms with van der Waals surface area (Å²) in [6.45, 7) is 7.78. The number of rotatable bonds is 3. The van der Waals surface area contributed by atoms with Gasteiger partial charge in [-0.3, -0.25) is 4.98 Å². The standard InChI is InChI=1S/C22H22N6S/c1-15-22(29-16(2)24-15)19-7-8-21(26-25-19)28-13-11-27(12-14-28)20-9-10-23-18-6-4-3-5-17(18)20/h3-10H,11-14H2,1-2H3. The number of nitrogens with zero attached hydrogens (tertiary/aromatic N) is 6. The highest BCUT2D eigenvalue weighted by atomic mass is 32.1. The average molecular weight is 403 g/mol. The number of pyridine rings is 1. The van der Waals surface area contributed by atoms with E-state index in [1.807, 2.05) is 26.1 Å². The second kappa shape index (κ2) is 7.40. The molecule has 1 fully saturated rings. The number of hydrogen-bond acceptors (Lipinski definition) is 7. The summed E-state index contributed by atoms with van der Waals surface area (Å²) in [5, 5.41) is 11.2. The predicted octanol–water partition coefficient (Wildman–Crippen LogP) is 4.09. The van der Waals surface area contributed by atoms with E-state index in [9.17, 15) is 0 Å². The van der Waals surface area contributed by atoms with Gasteiger partial charge >= 0.3 is 0 Å². The van der Waals surface area contributed by atoms with Gasteiger partial charge in [0.15, 0.2) is 5.82 Å². The van der Waals surface area contributed by atoms with E-state index < -0.39 is 0 Å². The Hall–Kier alpha value is -3.06. The van der Waals surface area contributed by atoms with E-state index in [1.54, 1.807) is 11.3 Å². The normalized spacial score (nSPS) is 14.6. The molecule has 1 saturated heterocycles. The number of piperazine rings is 1.